The summed E-state index contributed by atoms with van der Waals surface area (Å²) in [5.74, 6) is 0. The highest BCUT2D eigenvalue weighted by atomic mass is 32.1. The monoisotopic (exact) mass is 442 g/mol. The Morgan fingerprint density at radius 2 is 0.938 bits per heavy atom. The Morgan fingerprint density at radius 3 is 1.44 bits per heavy atom. The Labute approximate surface area is 193 Å². The Balaban J connectivity index is 1.56. The Kier molecular flexibility index (Phi) is 3.70. The average Bonchev–Trinajstić information content (AvgIpc) is 3.34. The number of hydrogen-bond donors (Lipinski definition) is 0. The van der Waals surface area contributed by atoms with Gasteiger partial charge in [0.05, 0.1) is 9.40 Å². The highest BCUT2D eigenvalue weighted by Gasteiger charge is 2.14. The molecule has 0 radical (unpaired) electrons. The largest absolute Gasteiger partial charge is 0.134 e. The van der Waals surface area contributed by atoms with Crippen LogP contribution in [-0.2, 0) is 0 Å². The van der Waals surface area contributed by atoms with Gasteiger partial charge in [-0.1, -0.05) is 49.6 Å². The smallest absolute Gasteiger partial charge is 0.0542 e. The molecule has 7 aromatic rings. The van der Waals surface area contributed by atoms with Gasteiger partial charge in [-0.3, -0.25) is 0 Å². The predicted molar refractivity (Wildman–Crippen MR) is 147 cm³/mol. The van der Waals surface area contributed by atoms with E-state index in [4.69, 9.17) is 0 Å². The fourth-order valence-electron chi connectivity index (χ4n) is 4.88. The van der Waals surface area contributed by atoms with E-state index in [2.05, 4.69) is 86.0 Å². The number of fused-ring (bicyclic) bond motifs is 8. The maximum absolute atomic E-state index is 3.98. The molecule has 0 bridgehead atoms. The second kappa shape index (κ2) is 6.52. The molecule has 0 fully saturated rings. The minimum atomic E-state index is 1.13. The maximum atomic E-state index is 3.98. The Bertz CT molecular complexity index is 1910. The van der Waals surface area contributed by atoms with Gasteiger partial charge in [-0.15, -0.1) is 22.7 Å². The van der Waals surface area contributed by atoms with Gasteiger partial charge >= 0.3 is 0 Å². The molecule has 0 unspecified atom stereocenters. The number of thiophene rings is 2. The lowest BCUT2D eigenvalue weighted by Crippen LogP contribution is -1.82. The van der Waals surface area contributed by atoms with Gasteiger partial charge in [-0.05, 0) is 92.0 Å². The van der Waals surface area contributed by atoms with Crippen LogP contribution in [-0.4, -0.2) is 0 Å². The first-order valence-corrected chi connectivity index (χ1v) is 12.3. The van der Waals surface area contributed by atoms with Crippen molar-refractivity contribution in [3.8, 4) is 0 Å². The van der Waals surface area contributed by atoms with Crippen molar-refractivity contribution in [2.24, 2.45) is 0 Å². The molecule has 0 N–H and O–H groups in total. The lowest BCUT2D eigenvalue weighted by Gasteiger charge is -2.05. The van der Waals surface area contributed by atoms with E-state index in [0.717, 1.165) is 11.1 Å². The fraction of sp³-hybridized carbons (Fsp3) is 0. The second-order valence-electron chi connectivity index (χ2n) is 8.34. The van der Waals surface area contributed by atoms with E-state index in [9.17, 15) is 0 Å². The molecule has 2 heteroatoms. The zero-order valence-corrected chi connectivity index (χ0v) is 18.9. The summed E-state index contributed by atoms with van der Waals surface area (Å²) in [5, 5.41) is 10.5. The third kappa shape index (κ3) is 2.48. The summed E-state index contributed by atoms with van der Waals surface area (Å²) < 4.78 is 5.51. The van der Waals surface area contributed by atoms with Crippen LogP contribution >= 0.6 is 22.7 Å². The molecule has 0 saturated carbocycles. The first-order valence-electron chi connectivity index (χ1n) is 10.7. The standard InChI is InChI=1S/C30H18S2/c1-3-17-9-21-13-25-27(15-23(21)10-18(17)4-2)31-30-26-14-22-11-19-7-5-6-8-20(19)12-24(22)16-28(26)32-29(25)30/h3-16H,1-2H2. The SMILES string of the molecule is C=Cc1cc2cc3sc4c5cc6cc7ccccc7cc6cc5sc4c3cc2cc1C=C. The second-order valence-corrected chi connectivity index (χ2v) is 10.4. The Hall–Kier alpha value is -3.46. The van der Waals surface area contributed by atoms with Crippen LogP contribution in [0.1, 0.15) is 11.1 Å². The van der Waals surface area contributed by atoms with Gasteiger partial charge in [0, 0.05) is 20.2 Å². The van der Waals surface area contributed by atoms with E-state index in [-0.39, 0.29) is 0 Å². The highest BCUT2D eigenvalue weighted by molar-refractivity contribution is 7.36. The van der Waals surface area contributed by atoms with Crippen LogP contribution in [0.2, 0.25) is 0 Å². The van der Waals surface area contributed by atoms with Crippen molar-refractivity contribution >= 4 is 96.7 Å². The van der Waals surface area contributed by atoms with E-state index in [1.807, 2.05) is 34.8 Å². The molecule has 0 atom stereocenters. The minimum absolute atomic E-state index is 1.13. The van der Waals surface area contributed by atoms with Crippen LogP contribution in [0.3, 0.4) is 0 Å². The number of rotatable bonds is 2. The molecule has 2 aromatic heterocycles. The summed E-state index contributed by atoms with van der Waals surface area (Å²) >= 11 is 3.83. The third-order valence-corrected chi connectivity index (χ3v) is 9.00. The average molecular weight is 443 g/mol. The molecular formula is C30H18S2. The van der Waals surface area contributed by atoms with E-state index in [0.29, 0.717) is 0 Å². The number of hydrogen-bond acceptors (Lipinski definition) is 2. The van der Waals surface area contributed by atoms with E-state index < -0.39 is 0 Å². The van der Waals surface area contributed by atoms with Crippen molar-refractivity contribution in [3.05, 3.63) is 97.1 Å². The third-order valence-electron chi connectivity index (χ3n) is 6.50. The van der Waals surface area contributed by atoms with Crippen molar-refractivity contribution in [2.75, 3.05) is 0 Å². The lowest BCUT2D eigenvalue weighted by atomic mass is 10.00. The summed E-state index contributed by atoms with van der Waals surface area (Å²) in [7, 11) is 0. The van der Waals surface area contributed by atoms with E-state index in [1.165, 1.54) is 61.9 Å². The minimum Gasteiger partial charge on any atom is -0.134 e. The summed E-state index contributed by atoms with van der Waals surface area (Å²) in [6.07, 6.45) is 3.83. The van der Waals surface area contributed by atoms with Gasteiger partial charge in [0.1, 0.15) is 0 Å². The van der Waals surface area contributed by atoms with Crippen LogP contribution in [0.5, 0.6) is 0 Å². The zero-order valence-electron chi connectivity index (χ0n) is 17.3. The Morgan fingerprint density at radius 1 is 0.500 bits per heavy atom. The van der Waals surface area contributed by atoms with Crippen molar-refractivity contribution < 1.29 is 0 Å². The molecule has 0 saturated heterocycles. The molecule has 5 aromatic carbocycles. The molecule has 0 aliphatic heterocycles. The molecule has 0 spiro atoms. The summed E-state index contributed by atoms with van der Waals surface area (Å²) in [5.41, 5.74) is 2.27. The molecule has 2 heterocycles. The predicted octanol–water partition coefficient (Wildman–Crippen LogP) is 10.0. The van der Waals surface area contributed by atoms with Crippen LogP contribution in [0.4, 0.5) is 0 Å². The lowest BCUT2D eigenvalue weighted by molar-refractivity contribution is 1.69. The van der Waals surface area contributed by atoms with Crippen LogP contribution < -0.4 is 0 Å². The molecule has 0 amide bonds. The fourth-order valence-corrected chi connectivity index (χ4v) is 7.58. The van der Waals surface area contributed by atoms with E-state index >= 15 is 0 Å². The van der Waals surface area contributed by atoms with Crippen molar-refractivity contribution in [1.82, 2.24) is 0 Å². The van der Waals surface area contributed by atoms with Gasteiger partial charge in [-0.2, -0.15) is 0 Å². The van der Waals surface area contributed by atoms with Gasteiger partial charge in [-0.25, -0.2) is 0 Å². The summed E-state index contributed by atoms with van der Waals surface area (Å²) in [4.78, 5) is 0. The van der Waals surface area contributed by atoms with Crippen LogP contribution in [0, 0.1) is 0 Å². The van der Waals surface area contributed by atoms with Crippen LogP contribution in [0.15, 0.2) is 86.0 Å². The first-order chi connectivity index (χ1) is 15.7. The molecule has 150 valence electrons. The van der Waals surface area contributed by atoms with Crippen molar-refractivity contribution in [3.63, 3.8) is 0 Å². The van der Waals surface area contributed by atoms with Crippen molar-refractivity contribution in [2.45, 2.75) is 0 Å². The van der Waals surface area contributed by atoms with Crippen LogP contribution in [0.25, 0.3) is 74.0 Å². The number of benzene rings is 5. The summed E-state index contributed by atoms with van der Waals surface area (Å²) in [6.45, 7) is 7.95. The molecular weight excluding hydrogens is 424 g/mol. The van der Waals surface area contributed by atoms with Gasteiger partial charge in [0.25, 0.3) is 0 Å². The normalized spacial score (nSPS) is 12.0. The first kappa shape index (κ1) is 18.1. The molecule has 0 aliphatic carbocycles. The van der Waals surface area contributed by atoms with Gasteiger partial charge < -0.3 is 0 Å². The quantitative estimate of drug-likeness (QED) is 0.234. The van der Waals surface area contributed by atoms with Crippen molar-refractivity contribution in [1.29, 1.82) is 0 Å². The zero-order chi connectivity index (χ0) is 21.4. The molecule has 0 aliphatic rings. The highest BCUT2D eigenvalue weighted by Crippen LogP contribution is 2.46. The van der Waals surface area contributed by atoms with Gasteiger partial charge in [0.2, 0.25) is 0 Å². The molecule has 32 heavy (non-hydrogen) atoms. The molecule has 0 nitrogen and oxygen atoms in total. The van der Waals surface area contributed by atoms with Gasteiger partial charge in [0.15, 0.2) is 0 Å². The topological polar surface area (TPSA) is 0 Å². The maximum Gasteiger partial charge on any atom is 0.0542 e. The molecule has 7 rings (SSSR count). The van der Waals surface area contributed by atoms with E-state index in [1.54, 1.807) is 0 Å². The summed E-state index contributed by atoms with van der Waals surface area (Å²) in [6, 6.07) is 27.2.